The molecule has 2 aromatic heterocycles. The molecule has 2 heterocycles. The van der Waals surface area contributed by atoms with Crippen molar-refractivity contribution in [3.05, 3.63) is 44.9 Å². The summed E-state index contributed by atoms with van der Waals surface area (Å²) in [5, 5.41) is 14.2. The number of nitrogens with one attached hydrogen (secondary N) is 2. The van der Waals surface area contributed by atoms with E-state index in [0.29, 0.717) is 23.3 Å². The summed E-state index contributed by atoms with van der Waals surface area (Å²) in [5.41, 5.74) is 2.98. The lowest BCUT2D eigenvalue weighted by molar-refractivity contribution is 0.111. The molecule has 0 unspecified atom stereocenters. The van der Waals surface area contributed by atoms with Crippen LogP contribution in [0.4, 0.5) is 0 Å². The third kappa shape index (κ3) is 5.51. The summed E-state index contributed by atoms with van der Waals surface area (Å²) in [6.07, 6.45) is 6.92. The molecule has 146 valence electrons. The Hall–Kier alpha value is -1.96. The largest absolute Gasteiger partial charge is 0.507 e. The molecule has 27 heavy (non-hydrogen) atoms. The Morgan fingerprint density at radius 2 is 2.30 bits per heavy atom. The summed E-state index contributed by atoms with van der Waals surface area (Å²) < 4.78 is 0. The van der Waals surface area contributed by atoms with E-state index >= 15 is 0 Å². The van der Waals surface area contributed by atoms with Crippen LogP contribution < -0.4 is 5.32 Å². The van der Waals surface area contributed by atoms with Crippen molar-refractivity contribution < 1.29 is 9.90 Å². The van der Waals surface area contributed by atoms with Crippen molar-refractivity contribution in [2.45, 2.75) is 45.6 Å². The number of H-pyrrole nitrogens is 1. The van der Waals surface area contributed by atoms with Gasteiger partial charge in [0, 0.05) is 6.04 Å². The number of aryl methyl sites for hydroxylation is 2. The molecule has 0 bridgehead atoms. The van der Waals surface area contributed by atoms with Crippen molar-refractivity contribution in [1.29, 1.82) is 0 Å². The van der Waals surface area contributed by atoms with Crippen LogP contribution >= 0.6 is 22.9 Å². The van der Waals surface area contributed by atoms with Gasteiger partial charge in [0.2, 0.25) is 0 Å². The molecule has 0 radical (unpaired) electrons. The predicted octanol–water partition coefficient (Wildman–Crippen LogP) is 4.57. The van der Waals surface area contributed by atoms with Gasteiger partial charge in [-0.2, -0.15) is 0 Å². The van der Waals surface area contributed by atoms with Crippen LogP contribution in [-0.2, 0) is 6.42 Å². The van der Waals surface area contributed by atoms with Gasteiger partial charge < -0.3 is 15.4 Å². The topological polar surface area (TPSA) is 90.9 Å². The number of aliphatic hydroxyl groups excluding tert-OH is 1. The molecule has 0 spiro atoms. The number of aromatic amines is 1. The first-order chi connectivity index (χ1) is 12.9. The zero-order valence-electron chi connectivity index (χ0n) is 15.8. The maximum absolute atomic E-state index is 10.1. The quantitative estimate of drug-likeness (QED) is 0.497. The molecule has 0 aliphatic heterocycles. The Labute approximate surface area is 168 Å². The number of thiazole rings is 1. The highest BCUT2D eigenvalue weighted by Crippen LogP contribution is 2.33. The van der Waals surface area contributed by atoms with E-state index in [1.165, 1.54) is 16.9 Å². The van der Waals surface area contributed by atoms with Crippen LogP contribution in [0.25, 0.3) is 11.3 Å². The second kappa shape index (κ2) is 9.82. The van der Waals surface area contributed by atoms with Crippen molar-refractivity contribution in [1.82, 2.24) is 20.3 Å². The minimum Gasteiger partial charge on any atom is -0.507 e. The fourth-order valence-electron chi connectivity index (χ4n) is 2.79. The third-order valence-electron chi connectivity index (χ3n) is 4.36. The molecule has 6 nitrogen and oxygen atoms in total. The molecule has 3 rings (SSSR count). The van der Waals surface area contributed by atoms with Gasteiger partial charge >= 0.3 is 0 Å². The molecule has 3 N–H and O–H groups in total. The highest BCUT2D eigenvalue weighted by Gasteiger charge is 2.18. The molecule has 2 aromatic rings. The predicted molar refractivity (Wildman–Crippen MR) is 112 cm³/mol. The Kier molecular flexibility index (Phi) is 7.77. The fraction of sp³-hybridized carbons (Fsp3) is 0.421. The number of aliphatic hydroxyl groups is 1. The lowest BCUT2D eigenvalue weighted by atomic mass is 9.96. The van der Waals surface area contributed by atoms with Crippen LogP contribution in [0.2, 0.25) is 5.15 Å². The van der Waals surface area contributed by atoms with E-state index in [1.54, 1.807) is 0 Å². The van der Waals surface area contributed by atoms with Crippen molar-refractivity contribution in [3.8, 4) is 0 Å². The Morgan fingerprint density at radius 3 is 2.70 bits per heavy atom. The average molecular weight is 409 g/mol. The lowest BCUT2D eigenvalue weighted by Gasteiger charge is -2.20. The van der Waals surface area contributed by atoms with Gasteiger partial charge in [-0.25, -0.2) is 9.97 Å². The number of hydrogen-bond acceptors (Lipinski definition) is 6. The monoisotopic (exact) mass is 408 g/mol. The van der Waals surface area contributed by atoms with Crippen LogP contribution in [0.5, 0.6) is 0 Å². The number of halogens is 1. The zero-order chi connectivity index (χ0) is 20.0. The minimum absolute atomic E-state index is 0.121. The van der Waals surface area contributed by atoms with Crippen LogP contribution in [0.15, 0.2) is 12.7 Å². The summed E-state index contributed by atoms with van der Waals surface area (Å²) >= 11 is 7.16. The normalized spacial score (nSPS) is 16.3. The van der Waals surface area contributed by atoms with E-state index in [0.717, 1.165) is 47.0 Å². The molecule has 0 amide bonds. The van der Waals surface area contributed by atoms with Crippen LogP contribution in [0.1, 0.15) is 58.1 Å². The van der Waals surface area contributed by atoms with E-state index < -0.39 is 0 Å². The molecule has 1 aliphatic rings. The van der Waals surface area contributed by atoms with Gasteiger partial charge in [-0.05, 0) is 45.2 Å². The van der Waals surface area contributed by atoms with Crippen molar-refractivity contribution in [2.75, 3.05) is 7.05 Å². The summed E-state index contributed by atoms with van der Waals surface area (Å²) in [6, 6.07) is 0.590. The average Bonchev–Trinajstić information content (AvgIpc) is 3.24. The van der Waals surface area contributed by atoms with Gasteiger partial charge in [0.25, 0.3) is 0 Å². The molecule has 1 atom stereocenters. The molecule has 0 saturated carbocycles. The number of imidazole rings is 1. The van der Waals surface area contributed by atoms with Crippen LogP contribution in [0, 0.1) is 6.92 Å². The summed E-state index contributed by atoms with van der Waals surface area (Å²) in [4.78, 5) is 22.0. The maximum atomic E-state index is 10.1. The maximum Gasteiger partial charge on any atom is 0.185 e. The lowest BCUT2D eigenvalue weighted by Crippen LogP contribution is -2.26. The summed E-state index contributed by atoms with van der Waals surface area (Å²) in [5.74, 6) is 0.414. The minimum atomic E-state index is 0.121. The molecular weight excluding hydrogens is 384 g/mol. The molecular formula is C19H25ClN4O2S. The van der Waals surface area contributed by atoms with E-state index in [1.807, 2.05) is 20.9 Å². The van der Waals surface area contributed by atoms with E-state index in [9.17, 15) is 9.90 Å². The second-order valence-corrected chi connectivity index (χ2v) is 7.59. The standard InChI is InChI=1S/C13H18N2OS.C6H7ClN2O/c1-8-12(9(2)16)17-13(15-8)10-4-6-11(14-3)7-5-10;1-2-4-6(7)9-5(3-10)8-4/h4,11,14,16H,2,5-7H2,1,3H3;3H,2H2,1H3,(H,8,9)/t11-;/m1./s1. The van der Waals surface area contributed by atoms with E-state index in [-0.39, 0.29) is 5.76 Å². The Morgan fingerprint density at radius 1 is 1.56 bits per heavy atom. The van der Waals surface area contributed by atoms with Gasteiger partial charge in [0.15, 0.2) is 17.3 Å². The highest BCUT2D eigenvalue weighted by atomic mass is 35.5. The second-order valence-electron chi connectivity index (χ2n) is 6.23. The molecule has 1 aliphatic carbocycles. The number of rotatable bonds is 5. The van der Waals surface area contributed by atoms with E-state index in [2.05, 4.69) is 32.9 Å². The first-order valence-electron chi connectivity index (χ1n) is 8.81. The zero-order valence-corrected chi connectivity index (χ0v) is 17.4. The summed E-state index contributed by atoms with van der Waals surface area (Å²) in [6.45, 7) is 7.42. The number of nitrogens with zero attached hydrogens (tertiary/aromatic N) is 2. The Balaban J connectivity index is 0.000000223. The highest BCUT2D eigenvalue weighted by molar-refractivity contribution is 7.13. The number of carbonyl (C=O) groups is 1. The van der Waals surface area contributed by atoms with Gasteiger partial charge in [-0.15, -0.1) is 11.3 Å². The number of allylic oxidation sites excluding steroid dienone is 1. The van der Waals surface area contributed by atoms with Crippen LogP contribution in [-0.4, -0.2) is 39.4 Å². The smallest absolute Gasteiger partial charge is 0.185 e. The first-order valence-corrected chi connectivity index (χ1v) is 10.0. The molecule has 8 heteroatoms. The molecule has 0 fully saturated rings. The van der Waals surface area contributed by atoms with Gasteiger partial charge in [0.1, 0.15) is 10.8 Å². The summed E-state index contributed by atoms with van der Waals surface area (Å²) in [7, 11) is 2.00. The van der Waals surface area contributed by atoms with Crippen molar-refractivity contribution >= 4 is 40.6 Å². The van der Waals surface area contributed by atoms with E-state index in [4.69, 9.17) is 11.6 Å². The van der Waals surface area contributed by atoms with Gasteiger partial charge in [-0.1, -0.05) is 31.2 Å². The Bertz CT molecular complexity index is 841. The van der Waals surface area contributed by atoms with Crippen molar-refractivity contribution in [2.24, 2.45) is 0 Å². The van der Waals surface area contributed by atoms with Crippen LogP contribution in [0.3, 0.4) is 0 Å². The fourth-order valence-corrected chi connectivity index (χ4v) is 4.07. The van der Waals surface area contributed by atoms with Gasteiger partial charge in [-0.3, -0.25) is 4.79 Å². The molecule has 0 aromatic carbocycles. The number of hydrogen-bond donors (Lipinski definition) is 3. The number of carbonyl (C=O) groups excluding carboxylic acids is 1. The first kappa shape index (κ1) is 21.3. The number of aromatic nitrogens is 3. The third-order valence-corrected chi connectivity index (χ3v) is 5.96. The van der Waals surface area contributed by atoms with Crippen molar-refractivity contribution in [3.63, 3.8) is 0 Å². The number of aldehydes is 1. The van der Waals surface area contributed by atoms with Gasteiger partial charge in [0.05, 0.1) is 16.3 Å². The molecule has 0 saturated heterocycles. The SMILES string of the molecule is C=C(O)c1sc(C2=CC[C@@H](NC)CC2)nc1C.CCc1[nH]c(C=O)nc1Cl.